The van der Waals surface area contributed by atoms with Crippen molar-refractivity contribution >= 4 is 38.6 Å². The van der Waals surface area contributed by atoms with Crippen LogP contribution >= 0.6 is 22.9 Å². The zero-order valence-electron chi connectivity index (χ0n) is 10.5. The number of rotatable bonds is 2. The van der Waals surface area contributed by atoms with Crippen molar-refractivity contribution in [2.75, 3.05) is 17.4 Å². The smallest absolute Gasteiger partial charge is 0.273 e. The fourth-order valence-electron chi connectivity index (χ4n) is 2.22. The molecule has 3 rings (SSSR count). The molecule has 0 saturated heterocycles. The lowest BCUT2D eigenvalue weighted by molar-refractivity contribution is 0.591. The number of nitrogens with zero attached hydrogens (tertiary/aromatic N) is 1. The highest BCUT2D eigenvalue weighted by Gasteiger charge is 2.28. The number of halogens is 1. The average Bonchev–Trinajstić information content (AvgIpc) is 2.75. The van der Waals surface area contributed by atoms with Crippen molar-refractivity contribution in [1.29, 1.82) is 0 Å². The molecule has 2 heterocycles. The first-order valence-electron chi connectivity index (χ1n) is 6.16. The van der Waals surface area contributed by atoms with Crippen LogP contribution in [0.2, 0.25) is 4.34 Å². The molecule has 2 aromatic rings. The second-order valence-electron chi connectivity index (χ2n) is 4.44. The molecule has 0 aliphatic carbocycles. The van der Waals surface area contributed by atoms with Gasteiger partial charge in [-0.25, -0.2) is 8.42 Å². The van der Waals surface area contributed by atoms with Crippen molar-refractivity contribution in [2.24, 2.45) is 0 Å². The molecular formula is C13H13ClN2O2S2. The first kappa shape index (κ1) is 13.9. The summed E-state index contributed by atoms with van der Waals surface area (Å²) >= 11 is 6.95. The van der Waals surface area contributed by atoms with Gasteiger partial charge in [-0.2, -0.15) is 0 Å². The van der Waals surface area contributed by atoms with Crippen LogP contribution in [-0.4, -0.2) is 21.5 Å². The van der Waals surface area contributed by atoms with Crippen LogP contribution in [0.3, 0.4) is 0 Å². The molecule has 0 fully saturated rings. The summed E-state index contributed by atoms with van der Waals surface area (Å²) in [5.74, 6) is 0. The van der Waals surface area contributed by atoms with Crippen LogP contribution in [0.5, 0.6) is 0 Å². The third-order valence-electron chi connectivity index (χ3n) is 3.16. The standard InChI is InChI=1S/C13H13ClN2O2S2/c14-12-5-6-13(19-12)20(17,18)16-8-7-15-9-10-3-1-2-4-11(10)16/h1-6,15H,7-9H2. The van der Waals surface area contributed by atoms with Gasteiger partial charge in [-0.3, -0.25) is 4.31 Å². The Morgan fingerprint density at radius 1 is 1.20 bits per heavy atom. The first-order chi connectivity index (χ1) is 9.59. The van der Waals surface area contributed by atoms with Crippen molar-refractivity contribution < 1.29 is 8.42 Å². The van der Waals surface area contributed by atoms with E-state index in [4.69, 9.17) is 11.6 Å². The Morgan fingerprint density at radius 3 is 2.75 bits per heavy atom. The molecule has 1 aromatic heterocycles. The molecule has 0 saturated carbocycles. The van der Waals surface area contributed by atoms with E-state index in [0.29, 0.717) is 24.0 Å². The van der Waals surface area contributed by atoms with Gasteiger partial charge in [-0.05, 0) is 23.8 Å². The summed E-state index contributed by atoms with van der Waals surface area (Å²) in [4.78, 5) is 0. The van der Waals surface area contributed by atoms with Gasteiger partial charge in [0.25, 0.3) is 10.0 Å². The number of anilines is 1. The second-order valence-corrected chi connectivity index (χ2v) is 8.25. The molecule has 1 aliphatic rings. The Morgan fingerprint density at radius 2 is 2.00 bits per heavy atom. The number of nitrogens with one attached hydrogen (secondary N) is 1. The van der Waals surface area contributed by atoms with Gasteiger partial charge in [-0.15, -0.1) is 11.3 Å². The quantitative estimate of drug-likeness (QED) is 0.922. The average molecular weight is 329 g/mol. The van der Waals surface area contributed by atoms with E-state index in [9.17, 15) is 8.42 Å². The third kappa shape index (κ3) is 2.44. The van der Waals surface area contributed by atoms with Crippen LogP contribution in [0, 0.1) is 0 Å². The minimum absolute atomic E-state index is 0.277. The highest BCUT2D eigenvalue weighted by atomic mass is 35.5. The number of benzene rings is 1. The van der Waals surface area contributed by atoms with Crippen LogP contribution in [-0.2, 0) is 16.6 Å². The van der Waals surface area contributed by atoms with Gasteiger partial charge in [0.15, 0.2) is 0 Å². The zero-order chi connectivity index (χ0) is 14.2. The molecule has 0 spiro atoms. The highest BCUT2D eigenvalue weighted by Crippen LogP contribution is 2.32. The summed E-state index contributed by atoms with van der Waals surface area (Å²) in [6, 6.07) is 10.7. The molecule has 0 atom stereocenters. The fourth-order valence-corrected chi connectivity index (χ4v) is 5.32. The van der Waals surface area contributed by atoms with Crippen molar-refractivity contribution in [2.45, 2.75) is 10.8 Å². The summed E-state index contributed by atoms with van der Waals surface area (Å²) in [7, 11) is -3.55. The molecule has 1 aliphatic heterocycles. The van der Waals surface area contributed by atoms with Crippen LogP contribution in [0.4, 0.5) is 5.69 Å². The van der Waals surface area contributed by atoms with Crippen molar-refractivity contribution in [3.63, 3.8) is 0 Å². The first-order valence-corrected chi connectivity index (χ1v) is 8.79. The molecule has 1 aromatic carbocycles. The van der Waals surface area contributed by atoms with E-state index in [1.807, 2.05) is 24.3 Å². The number of sulfonamides is 1. The van der Waals surface area contributed by atoms with E-state index < -0.39 is 10.0 Å². The normalized spacial score (nSPS) is 15.8. The highest BCUT2D eigenvalue weighted by molar-refractivity contribution is 7.94. The summed E-state index contributed by atoms with van der Waals surface area (Å²) in [6.45, 7) is 1.70. The van der Waals surface area contributed by atoms with Gasteiger partial charge in [0.2, 0.25) is 0 Å². The predicted octanol–water partition coefficient (Wildman–Crippen LogP) is 2.70. The topological polar surface area (TPSA) is 49.4 Å². The maximum atomic E-state index is 12.8. The maximum Gasteiger partial charge on any atom is 0.273 e. The number of para-hydroxylation sites is 1. The lowest BCUT2D eigenvalue weighted by Gasteiger charge is -2.23. The van der Waals surface area contributed by atoms with Gasteiger partial charge in [0.1, 0.15) is 4.21 Å². The predicted molar refractivity (Wildman–Crippen MR) is 82.0 cm³/mol. The molecule has 20 heavy (non-hydrogen) atoms. The zero-order valence-corrected chi connectivity index (χ0v) is 12.9. The van der Waals surface area contributed by atoms with E-state index >= 15 is 0 Å². The van der Waals surface area contributed by atoms with Gasteiger partial charge >= 0.3 is 0 Å². The van der Waals surface area contributed by atoms with E-state index in [-0.39, 0.29) is 4.21 Å². The molecule has 4 nitrogen and oxygen atoms in total. The van der Waals surface area contributed by atoms with Crippen LogP contribution in [0.15, 0.2) is 40.6 Å². The molecule has 0 radical (unpaired) electrons. The molecule has 0 unspecified atom stereocenters. The Bertz CT molecular complexity index is 727. The van der Waals surface area contributed by atoms with E-state index in [2.05, 4.69) is 5.32 Å². The SMILES string of the molecule is O=S(=O)(c1ccc(Cl)s1)N1CCNCc2ccccc21. The fraction of sp³-hybridized carbons (Fsp3) is 0.231. The Kier molecular flexibility index (Phi) is 3.72. The Hall–Kier alpha value is -1.08. The summed E-state index contributed by atoms with van der Waals surface area (Å²) in [5, 5.41) is 3.23. The van der Waals surface area contributed by atoms with Crippen molar-refractivity contribution in [1.82, 2.24) is 5.32 Å². The van der Waals surface area contributed by atoms with E-state index in [0.717, 1.165) is 22.6 Å². The second kappa shape index (κ2) is 5.37. The van der Waals surface area contributed by atoms with Gasteiger partial charge < -0.3 is 5.32 Å². The Balaban J connectivity index is 2.09. The number of fused-ring (bicyclic) bond motifs is 1. The van der Waals surface area contributed by atoms with Crippen LogP contribution in [0.1, 0.15) is 5.56 Å². The number of hydrogen-bond donors (Lipinski definition) is 1. The molecule has 7 heteroatoms. The minimum Gasteiger partial charge on any atom is -0.311 e. The van der Waals surface area contributed by atoms with Crippen molar-refractivity contribution in [3.05, 3.63) is 46.3 Å². The molecular weight excluding hydrogens is 316 g/mol. The summed E-state index contributed by atoms with van der Waals surface area (Å²) < 4.78 is 27.7. The van der Waals surface area contributed by atoms with E-state index in [1.54, 1.807) is 12.1 Å². The van der Waals surface area contributed by atoms with Crippen LogP contribution in [0.25, 0.3) is 0 Å². The van der Waals surface area contributed by atoms with Crippen LogP contribution < -0.4 is 9.62 Å². The molecule has 1 N–H and O–H groups in total. The largest absolute Gasteiger partial charge is 0.311 e. The monoisotopic (exact) mass is 328 g/mol. The Labute approximate surface area is 127 Å². The molecule has 0 amide bonds. The summed E-state index contributed by atoms with van der Waals surface area (Å²) in [6.07, 6.45) is 0. The number of hydrogen-bond acceptors (Lipinski definition) is 4. The minimum atomic E-state index is -3.55. The van der Waals surface area contributed by atoms with Crippen molar-refractivity contribution in [3.8, 4) is 0 Å². The van der Waals surface area contributed by atoms with Gasteiger partial charge in [-0.1, -0.05) is 29.8 Å². The van der Waals surface area contributed by atoms with Gasteiger partial charge in [0.05, 0.1) is 10.0 Å². The maximum absolute atomic E-state index is 12.8. The lowest BCUT2D eigenvalue weighted by atomic mass is 10.2. The van der Waals surface area contributed by atoms with E-state index in [1.165, 1.54) is 4.31 Å². The summed E-state index contributed by atoms with van der Waals surface area (Å²) in [5.41, 5.74) is 1.72. The third-order valence-corrected chi connectivity index (χ3v) is 6.67. The molecule has 0 bridgehead atoms. The number of thiophene rings is 1. The lowest BCUT2D eigenvalue weighted by Crippen LogP contribution is -2.34. The molecule has 106 valence electrons. The van der Waals surface area contributed by atoms with Gasteiger partial charge in [0, 0.05) is 19.6 Å².